The fraction of sp³-hybridized carbons (Fsp3) is 0.800. The summed E-state index contributed by atoms with van der Waals surface area (Å²) >= 11 is 0. The first-order valence-electron chi connectivity index (χ1n) is 4.69. The van der Waals surface area contributed by atoms with Gasteiger partial charge in [-0.15, -0.1) is 5.92 Å². The first-order chi connectivity index (χ1) is 5.88. The van der Waals surface area contributed by atoms with Crippen LogP contribution >= 0.6 is 0 Å². The molecular formula is C10H18NO2Zn+. The topological polar surface area (TPSA) is 29.5 Å². The zero-order chi connectivity index (χ0) is 10.1. The summed E-state index contributed by atoms with van der Waals surface area (Å²) in [7, 11) is 0. The molecule has 1 aliphatic rings. The fourth-order valence-electron chi connectivity index (χ4n) is 1.32. The van der Waals surface area contributed by atoms with Gasteiger partial charge in [0.05, 0.1) is 0 Å². The third-order valence-corrected chi connectivity index (χ3v) is 1.94. The van der Waals surface area contributed by atoms with Crippen molar-refractivity contribution >= 4 is 6.09 Å². The predicted octanol–water partition coefficient (Wildman–Crippen LogP) is 2.07. The van der Waals surface area contributed by atoms with Crippen molar-refractivity contribution in [3.05, 3.63) is 6.92 Å². The molecule has 0 N–H and O–H groups in total. The van der Waals surface area contributed by atoms with Crippen LogP contribution in [0.5, 0.6) is 0 Å². The molecule has 0 aliphatic carbocycles. The normalized spacial score (nSPS) is 21.7. The molecule has 0 spiro atoms. The van der Waals surface area contributed by atoms with Gasteiger partial charge >= 0.3 is 25.6 Å². The van der Waals surface area contributed by atoms with Crippen molar-refractivity contribution in [2.75, 3.05) is 13.1 Å². The van der Waals surface area contributed by atoms with Gasteiger partial charge in [0.25, 0.3) is 0 Å². The predicted molar refractivity (Wildman–Crippen MR) is 51.3 cm³/mol. The molecule has 0 bridgehead atoms. The Morgan fingerprint density at radius 1 is 1.50 bits per heavy atom. The van der Waals surface area contributed by atoms with Gasteiger partial charge in [-0.3, -0.25) is 0 Å². The number of amides is 1. The molecule has 1 atom stereocenters. The van der Waals surface area contributed by atoms with Crippen molar-refractivity contribution in [2.24, 2.45) is 5.92 Å². The van der Waals surface area contributed by atoms with Crippen molar-refractivity contribution in [1.29, 1.82) is 0 Å². The van der Waals surface area contributed by atoms with Crippen molar-refractivity contribution in [3.63, 3.8) is 0 Å². The van der Waals surface area contributed by atoms with E-state index < -0.39 is 5.60 Å². The van der Waals surface area contributed by atoms with Gasteiger partial charge in [-0.1, -0.05) is 6.42 Å². The van der Waals surface area contributed by atoms with E-state index in [4.69, 9.17) is 4.74 Å². The van der Waals surface area contributed by atoms with Crippen LogP contribution in [-0.4, -0.2) is 29.7 Å². The molecule has 1 rings (SSSR count). The van der Waals surface area contributed by atoms with Crippen LogP contribution in [0.25, 0.3) is 0 Å². The number of hydrogen-bond acceptors (Lipinski definition) is 2. The van der Waals surface area contributed by atoms with Crippen LogP contribution in [0.2, 0.25) is 0 Å². The number of carbonyl (C=O) groups is 1. The molecular weight excluding hydrogens is 232 g/mol. The Labute approximate surface area is 98.9 Å². The zero-order valence-corrected chi connectivity index (χ0v) is 12.3. The van der Waals surface area contributed by atoms with Crippen LogP contribution in [-0.2, 0) is 24.2 Å². The third-order valence-electron chi connectivity index (χ3n) is 1.94. The number of carbonyl (C=O) groups excluding carboxylic acids is 1. The van der Waals surface area contributed by atoms with Crippen molar-refractivity contribution < 1.29 is 29.0 Å². The van der Waals surface area contributed by atoms with Crippen LogP contribution < -0.4 is 0 Å². The standard InChI is InChI=1S/C10H18NO2.Zn/c1-8-5-6-11(7-8)9(12)13-10(2,3)4;/h8H,1,5-7H2,2-4H3;/q-1;+2/t8-;/m0./s1. The van der Waals surface area contributed by atoms with Gasteiger partial charge in [-0.2, -0.15) is 0 Å². The summed E-state index contributed by atoms with van der Waals surface area (Å²) in [5.41, 5.74) is -0.393. The van der Waals surface area contributed by atoms with Gasteiger partial charge in [0.1, 0.15) is 5.60 Å². The summed E-state index contributed by atoms with van der Waals surface area (Å²) in [6.07, 6.45) is 0.776. The molecule has 0 saturated carbocycles. The number of hydrogen-bond donors (Lipinski definition) is 0. The van der Waals surface area contributed by atoms with Gasteiger partial charge in [0.2, 0.25) is 0 Å². The molecule has 1 amide bonds. The monoisotopic (exact) mass is 248 g/mol. The second-order valence-electron chi connectivity index (χ2n) is 4.58. The molecule has 1 saturated heterocycles. The fourth-order valence-corrected chi connectivity index (χ4v) is 1.32. The van der Waals surface area contributed by atoms with Crippen LogP contribution in [0.4, 0.5) is 4.79 Å². The first-order valence-corrected chi connectivity index (χ1v) is 4.69. The molecule has 0 unspecified atom stereocenters. The number of ether oxygens (including phenoxy) is 1. The largest absolute Gasteiger partial charge is 2.00 e. The second kappa shape index (κ2) is 5.11. The van der Waals surface area contributed by atoms with E-state index in [1.54, 1.807) is 4.90 Å². The minimum Gasteiger partial charge on any atom is -0.444 e. The Kier molecular flexibility index (Phi) is 5.07. The van der Waals surface area contributed by atoms with E-state index in [-0.39, 0.29) is 25.6 Å². The van der Waals surface area contributed by atoms with E-state index in [0.29, 0.717) is 5.92 Å². The van der Waals surface area contributed by atoms with Gasteiger partial charge < -0.3 is 16.6 Å². The van der Waals surface area contributed by atoms with Gasteiger partial charge in [-0.25, -0.2) is 4.79 Å². The summed E-state index contributed by atoms with van der Waals surface area (Å²) in [5.74, 6) is 0.368. The Morgan fingerprint density at radius 3 is 2.43 bits per heavy atom. The molecule has 1 heterocycles. The Morgan fingerprint density at radius 2 is 2.07 bits per heavy atom. The Bertz CT molecular complexity index is 201. The Balaban J connectivity index is 0.00000169. The summed E-state index contributed by atoms with van der Waals surface area (Å²) in [6, 6.07) is 0. The second-order valence-corrected chi connectivity index (χ2v) is 4.58. The summed E-state index contributed by atoms with van der Waals surface area (Å²) in [6.45, 7) is 11.1. The van der Waals surface area contributed by atoms with Crippen LogP contribution in [0.3, 0.4) is 0 Å². The van der Waals surface area contributed by atoms with Crippen molar-refractivity contribution in [1.82, 2.24) is 4.90 Å². The summed E-state index contributed by atoms with van der Waals surface area (Å²) in [4.78, 5) is 13.2. The molecule has 0 aromatic carbocycles. The minimum atomic E-state index is -0.393. The van der Waals surface area contributed by atoms with E-state index >= 15 is 0 Å². The van der Waals surface area contributed by atoms with Crippen LogP contribution in [0.15, 0.2) is 0 Å². The summed E-state index contributed by atoms with van der Waals surface area (Å²) in [5, 5.41) is 0. The molecule has 1 fully saturated rings. The van der Waals surface area contributed by atoms with E-state index in [2.05, 4.69) is 6.92 Å². The Hall–Kier alpha value is -0.107. The zero-order valence-electron chi connectivity index (χ0n) is 9.38. The third kappa shape index (κ3) is 4.41. The first kappa shape index (κ1) is 13.9. The SMILES string of the molecule is [CH2-][C@H]1CCN(C(=O)OC(C)(C)C)C1.[Zn+2]. The molecule has 3 nitrogen and oxygen atoms in total. The maximum atomic E-state index is 11.5. The maximum absolute atomic E-state index is 11.5. The van der Waals surface area contributed by atoms with E-state index in [1.165, 1.54) is 0 Å². The molecule has 76 valence electrons. The molecule has 14 heavy (non-hydrogen) atoms. The quantitative estimate of drug-likeness (QED) is 0.486. The molecule has 0 radical (unpaired) electrons. The van der Waals surface area contributed by atoms with Crippen LogP contribution in [0, 0.1) is 12.8 Å². The van der Waals surface area contributed by atoms with Gasteiger partial charge in [0.15, 0.2) is 0 Å². The molecule has 0 aromatic rings. The number of nitrogens with zero attached hydrogens (tertiary/aromatic N) is 1. The molecule has 0 aromatic heterocycles. The van der Waals surface area contributed by atoms with E-state index in [0.717, 1.165) is 19.5 Å². The molecule has 1 aliphatic heterocycles. The van der Waals surface area contributed by atoms with Gasteiger partial charge in [-0.05, 0) is 27.3 Å². The number of rotatable bonds is 0. The maximum Gasteiger partial charge on any atom is 2.00 e. The minimum absolute atomic E-state index is 0. The van der Waals surface area contributed by atoms with Crippen LogP contribution in [0.1, 0.15) is 27.2 Å². The van der Waals surface area contributed by atoms with Crippen molar-refractivity contribution in [2.45, 2.75) is 32.8 Å². The average Bonchev–Trinajstić information content (AvgIpc) is 2.31. The van der Waals surface area contributed by atoms with E-state index in [1.807, 2.05) is 20.8 Å². The van der Waals surface area contributed by atoms with Gasteiger partial charge in [0, 0.05) is 6.54 Å². The van der Waals surface area contributed by atoms with Crippen molar-refractivity contribution in [3.8, 4) is 0 Å². The smallest absolute Gasteiger partial charge is 0.444 e. The molecule has 4 heteroatoms. The average molecular weight is 250 g/mol. The number of likely N-dealkylation sites (tertiary alicyclic amines) is 1. The summed E-state index contributed by atoms with van der Waals surface area (Å²) < 4.78 is 5.23. The van der Waals surface area contributed by atoms with E-state index in [9.17, 15) is 4.79 Å².